The van der Waals surface area contributed by atoms with Crippen molar-refractivity contribution < 1.29 is 9.21 Å². The Morgan fingerprint density at radius 3 is 2.64 bits per heavy atom. The number of aromatic nitrogens is 4. The van der Waals surface area contributed by atoms with Crippen LogP contribution in [0.25, 0.3) is 22.2 Å². The summed E-state index contributed by atoms with van der Waals surface area (Å²) in [6, 6.07) is 9.01. The van der Waals surface area contributed by atoms with Crippen LogP contribution in [0.4, 0.5) is 5.69 Å². The van der Waals surface area contributed by atoms with Crippen LogP contribution in [0.1, 0.15) is 10.5 Å². The van der Waals surface area contributed by atoms with Gasteiger partial charge in [-0.15, -0.1) is 11.3 Å². The minimum atomic E-state index is -0.286. The monoisotopic (exact) mass is 349 g/mol. The van der Waals surface area contributed by atoms with E-state index in [1.165, 1.54) is 17.7 Å². The number of carbonyl (C=O) groups excluding carboxylic acids is 1. The minimum Gasteiger partial charge on any atom is -0.444 e. The maximum absolute atomic E-state index is 12.3. The van der Waals surface area contributed by atoms with Crippen molar-refractivity contribution in [2.24, 2.45) is 0 Å². The van der Waals surface area contributed by atoms with E-state index in [0.717, 1.165) is 5.56 Å². The molecule has 0 atom stereocenters. The van der Waals surface area contributed by atoms with Crippen LogP contribution in [0.5, 0.6) is 0 Å². The van der Waals surface area contributed by atoms with Crippen molar-refractivity contribution in [2.75, 3.05) is 5.32 Å². The van der Waals surface area contributed by atoms with Crippen molar-refractivity contribution in [1.29, 1.82) is 0 Å². The van der Waals surface area contributed by atoms with Gasteiger partial charge in [0.2, 0.25) is 0 Å². The van der Waals surface area contributed by atoms with Crippen molar-refractivity contribution in [3.05, 3.63) is 66.4 Å². The quantitative estimate of drug-likeness (QED) is 0.606. The summed E-state index contributed by atoms with van der Waals surface area (Å²) in [6.45, 7) is 0. The predicted octanol–water partition coefficient (Wildman–Crippen LogP) is 3.51. The normalized spacial score (nSPS) is 10.6. The second-order valence-corrected chi connectivity index (χ2v) is 5.87. The van der Waals surface area contributed by atoms with Gasteiger partial charge in [-0.3, -0.25) is 4.79 Å². The van der Waals surface area contributed by atoms with E-state index < -0.39 is 0 Å². The molecule has 122 valence electrons. The highest BCUT2D eigenvalue weighted by Crippen LogP contribution is 2.22. The summed E-state index contributed by atoms with van der Waals surface area (Å²) < 4.78 is 5.24. The molecule has 0 fully saturated rings. The fourth-order valence-corrected chi connectivity index (χ4v) is 2.91. The highest BCUT2D eigenvalue weighted by atomic mass is 32.1. The van der Waals surface area contributed by atoms with Crippen molar-refractivity contribution in [1.82, 2.24) is 19.9 Å². The number of rotatable bonds is 4. The zero-order valence-corrected chi connectivity index (χ0v) is 13.6. The van der Waals surface area contributed by atoms with E-state index in [9.17, 15) is 4.79 Å². The molecule has 3 aromatic heterocycles. The lowest BCUT2D eigenvalue weighted by Gasteiger charge is -2.04. The molecule has 0 saturated carbocycles. The zero-order chi connectivity index (χ0) is 17.1. The summed E-state index contributed by atoms with van der Waals surface area (Å²) in [5.41, 5.74) is 1.87. The number of nitrogens with one attached hydrogen (secondary N) is 1. The van der Waals surface area contributed by atoms with Crippen LogP contribution in [-0.2, 0) is 0 Å². The Balaban J connectivity index is 1.48. The Labute approximate surface area is 146 Å². The van der Waals surface area contributed by atoms with Crippen LogP contribution in [-0.4, -0.2) is 25.8 Å². The van der Waals surface area contributed by atoms with Crippen LogP contribution in [0, 0.1) is 0 Å². The summed E-state index contributed by atoms with van der Waals surface area (Å²) >= 11 is 1.33. The molecule has 0 bridgehead atoms. The lowest BCUT2D eigenvalue weighted by molar-refractivity contribution is 0.102. The highest BCUT2D eigenvalue weighted by Gasteiger charge is 2.13. The molecule has 0 radical (unpaired) electrons. The molecule has 0 aliphatic heterocycles. The predicted molar refractivity (Wildman–Crippen MR) is 93.0 cm³/mol. The van der Waals surface area contributed by atoms with Gasteiger partial charge in [0, 0.05) is 29.0 Å². The topological polar surface area (TPSA) is 93.8 Å². The van der Waals surface area contributed by atoms with Crippen LogP contribution in [0.2, 0.25) is 0 Å². The molecule has 8 heteroatoms. The Bertz CT molecular complexity index is 982. The van der Waals surface area contributed by atoms with Gasteiger partial charge in [0.1, 0.15) is 5.69 Å². The maximum atomic E-state index is 12.3. The summed E-state index contributed by atoms with van der Waals surface area (Å²) in [4.78, 5) is 28.8. The lowest BCUT2D eigenvalue weighted by atomic mass is 10.1. The van der Waals surface area contributed by atoms with Crippen molar-refractivity contribution in [3.63, 3.8) is 0 Å². The van der Waals surface area contributed by atoms with Crippen LogP contribution < -0.4 is 5.32 Å². The summed E-state index contributed by atoms with van der Waals surface area (Å²) in [6.07, 6.45) is 6.29. The van der Waals surface area contributed by atoms with E-state index >= 15 is 0 Å². The zero-order valence-electron chi connectivity index (χ0n) is 12.8. The highest BCUT2D eigenvalue weighted by molar-refractivity contribution is 7.13. The van der Waals surface area contributed by atoms with Gasteiger partial charge in [-0.1, -0.05) is 0 Å². The molecule has 1 aromatic carbocycles. The largest absolute Gasteiger partial charge is 0.444 e. The molecule has 25 heavy (non-hydrogen) atoms. The molecule has 0 spiro atoms. The molecule has 1 amide bonds. The number of hydrogen-bond donors (Lipinski definition) is 1. The van der Waals surface area contributed by atoms with Gasteiger partial charge in [-0.05, 0) is 30.3 Å². The number of hydrogen-bond acceptors (Lipinski definition) is 7. The van der Waals surface area contributed by atoms with E-state index in [4.69, 9.17) is 4.42 Å². The average molecular weight is 349 g/mol. The van der Waals surface area contributed by atoms with Gasteiger partial charge >= 0.3 is 0 Å². The summed E-state index contributed by atoms with van der Waals surface area (Å²) in [7, 11) is 0. The molecular formula is C17H11N5O2S. The smallest absolute Gasteiger partial charge is 0.275 e. The first kappa shape index (κ1) is 15.2. The van der Waals surface area contributed by atoms with Gasteiger partial charge in [-0.2, -0.15) is 0 Å². The number of nitrogens with zero attached hydrogens (tertiary/aromatic N) is 4. The van der Waals surface area contributed by atoms with Gasteiger partial charge in [0.15, 0.2) is 23.0 Å². The third-order valence-electron chi connectivity index (χ3n) is 3.35. The third kappa shape index (κ3) is 3.29. The number of oxazole rings is 1. The molecule has 1 N–H and O–H groups in total. The van der Waals surface area contributed by atoms with Gasteiger partial charge in [0.05, 0.1) is 6.20 Å². The molecule has 0 aliphatic rings. The van der Waals surface area contributed by atoms with E-state index in [1.54, 1.807) is 42.2 Å². The van der Waals surface area contributed by atoms with Crippen LogP contribution in [0.15, 0.2) is 65.1 Å². The first-order valence-corrected chi connectivity index (χ1v) is 8.21. The minimum absolute atomic E-state index is 0.286. The summed E-state index contributed by atoms with van der Waals surface area (Å²) in [5, 5.41) is 5.10. The Kier molecular flexibility index (Phi) is 4.01. The second-order valence-electron chi connectivity index (χ2n) is 5.01. The van der Waals surface area contributed by atoms with Crippen LogP contribution >= 0.6 is 11.3 Å². The Morgan fingerprint density at radius 1 is 1.12 bits per heavy atom. The summed E-state index contributed by atoms with van der Waals surface area (Å²) in [5.74, 6) is 0.888. The molecule has 4 aromatic rings. The number of thiazole rings is 1. The van der Waals surface area contributed by atoms with Crippen molar-refractivity contribution >= 4 is 22.9 Å². The SMILES string of the molecule is O=C(Nc1ccc(-c2cnco2)cc1)c1csc(-c2ncccn2)n1. The maximum Gasteiger partial charge on any atom is 0.275 e. The van der Waals surface area contributed by atoms with Gasteiger partial charge < -0.3 is 9.73 Å². The molecule has 3 heterocycles. The Hall–Kier alpha value is -3.39. The first-order valence-electron chi connectivity index (χ1n) is 7.33. The van der Waals surface area contributed by atoms with Crippen molar-refractivity contribution in [3.8, 4) is 22.2 Å². The third-order valence-corrected chi connectivity index (χ3v) is 4.19. The molecule has 7 nitrogen and oxygen atoms in total. The molecular weight excluding hydrogens is 338 g/mol. The van der Waals surface area contributed by atoms with E-state index in [1.807, 2.05) is 12.1 Å². The van der Waals surface area contributed by atoms with Crippen molar-refractivity contribution in [2.45, 2.75) is 0 Å². The van der Waals surface area contributed by atoms with Crippen LogP contribution in [0.3, 0.4) is 0 Å². The standard InChI is InChI=1S/C17H11N5O2S/c23-16(13-9-25-17(22-13)15-19-6-1-7-20-15)21-12-4-2-11(3-5-12)14-8-18-10-24-14/h1-10H,(H,21,23). The van der Waals surface area contributed by atoms with Gasteiger partial charge in [-0.25, -0.2) is 19.9 Å². The Morgan fingerprint density at radius 2 is 1.92 bits per heavy atom. The fraction of sp³-hybridized carbons (Fsp3) is 0. The molecule has 0 saturated heterocycles. The molecule has 0 aliphatic carbocycles. The second kappa shape index (κ2) is 6.62. The molecule has 0 unspecified atom stereocenters. The molecule has 4 rings (SSSR count). The number of amides is 1. The van der Waals surface area contributed by atoms with E-state index in [2.05, 4.69) is 25.3 Å². The number of benzene rings is 1. The lowest BCUT2D eigenvalue weighted by Crippen LogP contribution is -2.12. The van der Waals surface area contributed by atoms with E-state index in [0.29, 0.717) is 28.0 Å². The van der Waals surface area contributed by atoms with E-state index in [-0.39, 0.29) is 5.91 Å². The average Bonchev–Trinajstić information content (AvgIpc) is 3.35. The fourth-order valence-electron chi connectivity index (χ4n) is 2.16. The number of anilines is 1. The van der Waals surface area contributed by atoms with Gasteiger partial charge in [0.25, 0.3) is 5.91 Å². The first-order chi connectivity index (χ1) is 12.3. The number of carbonyl (C=O) groups is 1.